The molecule has 0 spiro atoms. The summed E-state index contributed by atoms with van der Waals surface area (Å²) in [7, 11) is 1.64. The third kappa shape index (κ3) is 4.24. The number of benzene rings is 1. The van der Waals surface area contributed by atoms with Gasteiger partial charge in [0, 0.05) is 13.1 Å². The van der Waals surface area contributed by atoms with Crippen LogP contribution in [0.3, 0.4) is 0 Å². The van der Waals surface area contributed by atoms with Crippen LogP contribution in [-0.4, -0.2) is 30.5 Å². The van der Waals surface area contributed by atoms with E-state index in [2.05, 4.69) is 0 Å². The molecular weight excluding hydrogens is 240 g/mol. The van der Waals surface area contributed by atoms with Crippen LogP contribution in [0.15, 0.2) is 24.3 Å². The number of ether oxygens (including phenoxy) is 1. The molecule has 4 heteroatoms. The molecule has 0 saturated carbocycles. The molecule has 0 heterocycles. The summed E-state index contributed by atoms with van der Waals surface area (Å²) in [5.41, 5.74) is 6.98. The number of carbonyl (C=O) groups excluding carboxylic acids is 1. The van der Waals surface area contributed by atoms with E-state index in [0.717, 1.165) is 11.3 Å². The zero-order valence-corrected chi connectivity index (χ0v) is 12.2. The van der Waals surface area contributed by atoms with Crippen LogP contribution in [0, 0.1) is 5.92 Å². The number of carbonyl (C=O) groups is 1. The molecule has 0 fully saturated rings. The summed E-state index contributed by atoms with van der Waals surface area (Å²) < 4.78 is 5.19. The summed E-state index contributed by atoms with van der Waals surface area (Å²) >= 11 is 0. The van der Waals surface area contributed by atoms with Crippen molar-refractivity contribution < 1.29 is 9.53 Å². The van der Waals surface area contributed by atoms with Crippen LogP contribution in [0.25, 0.3) is 0 Å². The van der Waals surface area contributed by atoms with Gasteiger partial charge in [0.2, 0.25) is 5.91 Å². The Balaban J connectivity index is 2.78. The molecule has 1 aromatic rings. The van der Waals surface area contributed by atoms with Crippen LogP contribution in [0.4, 0.5) is 0 Å². The van der Waals surface area contributed by atoms with Gasteiger partial charge in [0.25, 0.3) is 0 Å². The van der Waals surface area contributed by atoms with Gasteiger partial charge < -0.3 is 15.4 Å². The fourth-order valence-electron chi connectivity index (χ4n) is 1.83. The van der Waals surface area contributed by atoms with Gasteiger partial charge >= 0.3 is 0 Å². The van der Waals surface area contributed by atoms with E-state index in [-0.39, 0.29) is 11.8 Å². The van der Waals surface area contributed by atoms with E-state index in [1.807, 2.05) is 45.0 Å². The quantitative estimate of drug-likeness (QED) is 0.855. The summed E-state index contributed by atoms with van der Waals surface area (Å²) in [5, 5.41) is 0. The highest BCUT2D eigenvalue weighted by molar-refractivity contribution is 5.81. The lowest BCUT2D eigenvalue weighted by atomic mass is 10.0. The number of nitrogens with zero attached hydrogens (tertiary/aromatic N) is 1. The van der Waals surface area contributed by atoms with Crippen LogP contribution in [0.5, 0.6) is 5.75 Å². The maximum absolute atomic E-state index is 12.2. The number of likely N-dealkylation sites (N-methyl/N-ethyl adjacent to an activating group) is 1. The first-order chi connectivity index (χ1) is 8.99. The first-order valence-electron chi connectivity index (χ1n) is 6.66. The molecule has 0 radical (unpaired) electrons. The van der Waals surface area contributed by atoms with Crippen molar-refractivity contribution in [3.63, 3.8) is 0 Å². The number of amides is 1. The van der Waals surface area contributed by atoms with E-state index in [1.54, 1.807) is 12.0 Å². The number of rotatable bonds is 6. The van der Waals surface area contributed by atoms with Crippen LogP contribution < -0.4 is 10.5 Å². The monoisotopic (exact) mass is 264 g/mol. The van der Waals surface area contributed by atoms with Crippen molar-refractivity contribution in [2.45, 2.75) is 33.4 Å². The summed E-state index contributed by atoms with van der Waals surface area (Å²) in [5.74, 6) is 0.946. The smallest absolute Gasteiger partial charge is 0.240 e. The number of methoxy groups -OCH3 is 1. The third-order valence-corrected chi connectivity index (χ3v) is 3.20. The molecule has 0 saturated heterocycles. The average molecular weight is 264 g/mol. The zero-order valence-electron chi connectivity index (χ0n) is 12.2. The lowest BCUT2D eigenvalue weighted by Crippen LogP contribution is -2.46. The Morgan fingerprint density at radius 3 is 2.63 bits per heavy atom. The SMILES string of the molecule is CCN(Cc1cccc(OC)c1)C(=O)C(N)C(C)C. The van der Waals surface area contributed by atoms with Crippen molar-refractivity contribution in [3.05, 3.63) is 29.8 Å². The number of hydrogen-bond donors (Lipinski definition) is 1. The van der Waals surface area contributed by atoms with E-state index in [9.17, 15) is 4.79 Å². The molecule has 0 aliphatic heterocycles. The third-order valence-electron chi connectivity index (χ3n) is 3.20. The van der Waals surface area contributed by atoms with Crippen molar-refractivity contribution in [3.8, 4) is 5.75 Å². The second-order valence-corrected chi connectivity index (χ2v) is 4.97. The van der Waals surface area contributed by atoms with Gasteiger partial charge in [0.05, 0.1) is 13.2 Å². The maximum Gasteiger partial charge on any atom is 0.240 e. The van der Waals surface area contributed by atoms with Gasteiger partial charge in [-0.1, -0.05) is 26.0 Å². The topological polar surface area (TPSA) is 55.6 Å². The molecule has 1 amide bonds. The van der Waals surface area contributed by atoms with Crippen LogP contribution in [0.1, 0.15) is 26.3 Å². The predicted molar refractivity (Wildman–Crippen MR) is 76.9 cm³/mol. The van der Waals surface area contributed by atoms with Crippen LogP contribution >= 0.6 is 0 Å². The Kier molecular flexibility index (Phi) is 5.83. The standard InChI is InChI=1S/C15H24N2O2/c1-5-17(15(18)14(16)11(2)3)10-12-7-6-8-13(9-12)19-4/h6-9,11,14H,5,10,16H2,1-4H3. The van der Waals surface area contributed by atoms with Gasteiger partial charge in [-0.3, -0.25) is 4.79 Å². The lowest BCUT2D eigenvalue weighted by Gasteiger charge is -2.26. The molecule has 2 N–H and O–H groups in total. The molecule has 1 aromatic carbocycles. The molecule has 4 nitrogen and oxygen atoms in total. The van der Waals surface area contributed by atoms with Crippen molar-refractivity contribution in [2.24, 2.45) is 11.7 Å². The van der Waals surface area contributed by atoms with Gasteiger partial charge in [-0.15, -0.1) is 0 Å². The highest BCUT2D eigenvalue weighted by atomic mass is 16.5. The summed E-state index contributed by atoms with van der Waals surface area (Å²) in [4.78, 5) is 14.0. The molecular formula is C15H24N2O2. The lowest BCUT2D eigenvalue weighted by molar-refractivity contribution is -0.134. The van der Waals surface area contributed by atoms with E-state index >= 15 is 0 Å². The van der Waals surface area contributed by atoms with Crippen LogP contribution in [0.2, 0.25) is 0 Å². The molecule has 1 unspecified atom stereocenters. The summed E-state index contributed by atoms with van der Waals surface area (Å²) in [6.45, 7) is 7.10. The maximum atomic E-state index is 12.2. The average Bonchev–Trinajstić information content (AvgIpc) is 2.43. The molecule has 1 rings (SSSR count). The highest BCUT2D eigenvalue weighted by Gasteiger charge is 2.22. The minimum Gasteiger partial charge on any atom is -0.497 e. The Hall–Kier alpha value is -1.55. The van der Waals surface area contributed by atoms with Gasteiger partial charge in [0.1, 0.15) is 5.75 Å². The predicted octanol–water partition coefficient (Wildman–Crippen LogP) is 2.03. The van der Waals surface area contributed by atoms with Crippen molar-refractivity contribution in [1.29, 1.82) is 0 Å². The molecule has 0 aromatic heterocycles. The zero-order chi connectivity index (χ0) is 14.4. The van der Waals surface area contributed by atoms with E-state index < -0.39 is 6.04 Å². The van der Waals surface area contributed by atoms with E-state index in [1.165, 1.54) is 0 Å². The van der Waals surface area contributed by atoms with E-state index in [0.29, 0.717) is 13.1 Å². The molecule has 0 aliphatic rings. The van der Waals surface area contributed by atoms with Gasteiger partial charge in [0.15, 0.2) is 0 Å². The minimum absolute atomic E-state index is 0.000296. The molecule has 1 atom stereocenters. The summed E-state index contributed by atoms with van der Waals surface area (Å²) in [6.07, 6.45) is 0. The fourth-order valence-corrected chi connectivity index (χ4v) is 1.83. The number of nitrogens with two attached hydrogens (primary N) is 1. The van der Waals surface area contributed by atoms with Gasteiger partial charge in [-0.05, 0) is 30.5 Å². The second-order valence-electron chi connectivity index (χ2n) is 4.97. The van der Waals surface area contributed by atoms with Crippen molar-refractivity contribution >= 4 is 5.91 Å². The molecule has 106 valence electrons. The van der Waals surface area contributed by atoms with Gasteiger partial charge in [-0.25, -0.2) is 0 Å². The van der Waals surface area contributed by atoms with Crippen LogP contribution in [-0.2, 0) is 11.3 Å². The normalized spacial score (nSPS) is 12.3. The van der Waals surface area contributed by atoms with Crippen molar-refractivity contribution in [1.82, 2.24) is 4.90 Å². The highest BCUT2D eigenvalue weighted by Crippen LogP contribution is 2.15. The van der Waals surface area contributed by atoms with Gasteiger partial charge in [-0.2, -0.15) is 0 Å². The fraction of sp³-hybridized carbons (Fsp3) is 0.533. The summed E-state index contributed by atoms with van der Waals surface area (Å²) in [6, 6.07) is 7.30. The molecule has 0 bridgehead atoms. The van der Waals surface area contributed by atoms with Crippen molar-refractivity contribution in [2.75, 3.05) is 13.7 Å². The largest absolute Gasteiger partial charge is 0.497 e. The number of hydrogen-bond acceptors (Lipinski definition) is 3. The molecule has 0 aliphatic carbocycles. The Labute approximate surface area is 115 Å². The first kappa shape index (κ1) is 15.5. The first-order valence-corrected chi connectivity index (χ1v) is 6.66. The second kappa shape index (κ2) is 7.14. The Morgan fingerprint density at radius 2 is 2.11 bits per heavy atom. The Bertz CT molecular complexity index is 418. The van der Waals surface area contributed by atoms with E-state index in [4.69, 9.17) is 10.5 Å². The molecule has 19 heavy (non-hydrogen) atoms. The minimum atomic E-state index is -0.439. The Morgan fingerprint density at radius 1 is 1.42 bits per heavy atom.